The van der Waals surface area contributed by atoms with Gasteiger partial charge in [0.05, 0.1) is 11.4 Å². The van der Waals surface area contributed by atoms with Gasteiger partial charge in [-0.2, -0.15) is 0 Å². The first-order valence-electron chi connectivity index (χ1n) is 3.38. The van der Waals surface area contributed by atoms with Crippen LogP contribution in [0.4, 0.5) is 11.4 Å². The molecule has 0 heterocycles. The lowest BCUT2D eigenvalue weighted by Crippen LogP contribution is -1.97. The molecule has 0 unspecified atom stereocenters. The van der Waals surface area contributed by atoms with Gasteiger partial charge in [-0.05, 0) is 25.0 Å². The van der Waals surface area contributed by atoms with Crippen LogP contribution in [0, 0.1) is 13.8 Å². The Morgan fingerprint density at radius 3 is 1.82 bits per heavy atom. The molecular weight excluding hydrogens is 140 g/mol. The second-order valence-electron chi connectivity index (χ2n) is 2.69. The molecule has 1 rings (SSSR count). The van der Waals surface area contributed by atoms with Crippen molar-refractivity contribution in [2.45, 2.75) is 13.8 Å². The van der Waals surface area contributed by atoms with Crippen LogP contribution in [-0.2, 0) is 0 Å². The number of nitrogens with two attached hydrogens (primary N) is 2. The van der Waals surface area contributed by atoms with Crippen LogP contribution >= 0.6 is 0 Å². The maximum Gasteiger partial charge on any atom is 0.162 e. The van der Waals surface area contributed by atoms with Gasteiger partial charge in [-0.15, -0.1) is 0 Å². The van der Waals surface area contributed by atoms with Crippen molar-refractivity contribution in [1.82, 2.24) is 0 Å². The van der Waals surface area contributed by atoms with Crippen LogP contribution in [0.2, 0.25) is 0 Å². The molecule has 3 nitrogen and oxygen atoms in total. The summed E-state index contributed by atoms with van der Waals surface area (Å²) in [5, 5.41) is 9.32. The summed E-state index contributed by atoms with van der Waals surface area (Å²) in [7, 11) is 0. The first kappa shape index (κ1) is 7.72. The molecule has 0 radical (unpaired) electrons. The second kappa shape index (κ2) is 2.34. The molecule has 0 aliphatic rings. The highest BCUT2D eigenvalue weighted by Gasteiger charge is 2.06. The Labute approximate surface area is 65.6 Å². The highest BCUT2D eigenvalue weighted by Crippen LogP contribution is 2.32. The fourth-order valence-corrected chi connectivity index (χ4v) is 0.999. The number of hydrogen-bond donors (Lipinski definition) is 3. The zero-order valence-electron chi connectivity index (χ0n) is 6.68. The zero-order chi connectivity index (χ0) is 8.59. The first-order valence-corrected chi connectivity index (χ1v) is 3.38. The smallest absolute Gasteiger partial charge is 0.162 e. The maximum absolute atomic E-state index is 9.32. The molecule has 0 bridgehead atoms. The van der Waals surface area contributed by atoms with E-state index < -0.39 is 0 Å². The molecule has 0 aliphatic heterocycles. The van der Waals surface area contributed by atoms with Crippen molar-refractivity contribution in [2.24, 2.45) is 0 Å². The molecular formula is C8H12N2O. The molecule has 0 spiro atoms. The van der Waals surface area contributed by atoms with Gasteiger partial charge in [0.2, 0.25) is 0 Å². The molecule has 5 N–H and O–H groups in total. The SMILES string of the molecule is Cc1cc(C)c(N)c(O)c1N. The number of phenols is 1. The van der Waals surface area contributed by atoms with E-state index in [9.17, 15) is 5.11 Å². The highest BCUT2D eigenvalue weighted by atomic mass is 16.3. The van der Waals surface area contributed by atoms with Gasteiger partial charge in [-0.1, -0.05) is 6.07 Å². The molecule has 60 valence electrons. The van der Waals surface area contributed by atoms with Crippen molar-refractivity contribution in [3.05, 3.63) is 17.2 Å². The number of rotatable bonds is 0. The number of nitrogen functional groups attached to an aromatic ring is 2. The topological polar surface area (TPSA) is 72.3 Å². The van der Waals surface area contributed by atoms with Gasteiger partial charge in [0, 0.05) is 0 Å². The van der Waals surface area contributed by atoms with Gasteiger partial charge in [0.25, 0.3) is 0 Å². The van der Waals surface area contributed by atoms with E-state index in [0.717, 1.165) is 11.1 Å². The average molecular weight is 152 g/mol. The predicted molar refractivity (Wildman–Crippen MR) is 46.4 cm³/mol. The normalized spacial score (nSPS) is 10.0. The fraction of sp³-hybridized carbons (Fsp3) is 0.250. The third-order valence-corrected chi connectivity index (χ3v) is 1.79. The number of phenolic OH excluding ortho intramolecular Hbond substituents is 1. The quantitative estimate of drug-likeness (QED) is 0.386. The Morgan fingerprint density at radius 1 is 1.09 bits per heavy atom. The third kappa shape index (κ3) is 1.09. The van der Waals surface area contributed by atoms with Crippen LogP contribution in [0.1, 0.15) is 11.1 Å². The summed E-state index contributed by atoms with van der Waals surface area (Å²) in [6.45, 7) is 3.67. The van der Waals surface area contributed by atoms with Crippen LogP contribution in [0.15, 0.2) is 6.07 Å². The van der Waals surface area contributed by atoms with E-state index in [1.807, 2.05) is 19.9 Å². The summed E-state index contributed by atoms with van der Waals surface area (Å²) in [6, 6.07) is 1.85. The van der Waals surface area contributed by atoms with Gasteiger partial charge in [0.15, 0.2) is 5.75 Å². The Kier molecular flexibility index (Phi) is 1.64. The number of benzene rings is 1. The van der Waals surface area contributed by atoms with E-state index in [4.69, 9.17) is 11.5 Å². The molecule has 3 heteroatoms. The summed E-state index contributed by atoms with van der Waals surface area (Å²) in [6.07, 6.45) is 0. The van der Waals surface area contributed by atoms with Gasteiger partial charge in [-0.25, -0.2) is 0 Å². The zero-order valence-corrected chi connectivity index (χ0v) is 6.68. The molecule has 0 aromatic heterocycles. The number of aromatic hydroxyl groups is 1. The standard InChI is InChI=1S/C8H12N2O/c1-4-3-5(2)7(10)8(11)6(4)9/h3,11H,9-10H2,1-2H3. The first-order chi connectivity index (χ1) is 5.04. The van der Waals surface area contributed by atoms with Crippen LogP contribution in [0.25, 0.3) is 0 Å². The van der Waals surface area contributed by atoms with Crippen molar-refractivity contribution in [1.29, 1.82) is 0 Å². The van der Waals surface area contributed by atoms with Gasteiger partial charge in [-0.3, -0.25) is 0 Å². The van der Waals surface area contributed by atoms with E-state index >= 15 is 0 Å². The number of hydrogen-bond acceptors (Lipinski definition) is 3. The molecule has 0 saturated heterocycles. The lowest BCUT2D eigenvalue weighted by atomic mass is 10.1. The Balaban J connectivity index is 3.46. The monoisotopic (exact) mass is 152 g/mol. The van der Waals surface area contributed by atoms with E-state index in [0.29, 0.717) is 11.4 Å². The van der Waals surface area contributed by atoms with E-state index in [1.165, 1.54) is 0 Å². The Morgan fingerprint density at radius 2 is 1.45 bits per heavy atom. The molecule has 0 fully saturated rings. The summed E-state index contributed by atoms with van der Waals surface area (Å²) >= 11 is 0. The van der Waals surface area contributed by atoms with Gasteiger partial charge >= 0.3 is 0 Å². The van der Waals surface area contributed by atoms with E-state index in [1.54, 1.807) is 0 Å². The lowest BCUT2D eigenvalue weighted by molar-refractivity contribution is 0.480. The van der Waals surface area contributed by atoms with E-state index in [2.05, 4.69) is 0 Å². The Hall–Kier alpha value is -1.38. The summed E-state index contributed by atoms with van der Waals surface area (Å²) < 4.78 is 0. The van der Waals surface area contributed by atoms with Gasteiger partial charge in [0.1, 0.15) is 0 Å². The molecule has 0 amide bonds. The van der Waals surface area contributed by atoms with Crippen molar-refractivity contribution >= 4 is 11.4 Å². The van der Waals surface area contributed by atoms with Crippen LogP contribution in [0.5, 0.6) is 5.75 Å². The molecule has 0 atom stereocenters. The largest absolute Gasteiger partial charge is 0.504 e. The number of anilines is 2. The lowest BCUT2D eigenvalue weighted by Gasteiger charge is -2.08. The average Bonchev–Trinajstić information content (AvgIpc) is 1.97. The third-order valence-electron chi connectivity index (χ3n) is 1.79. The highest BCUT2D eigenvalue weighted by molar-refractivity contribution is 5.72. The van der Waals surface area contributed by atoms with E-state index in [-0.39, 0.29) is 5.75 Å². The summed E-state index contributed by atoms with van der Waals surface area (Å²) in [5.74, 6) is 0.00231. The summed E-state index contributed by atoms with van der Waals surface area (Å²) in [5.41, 5.74) is 13.5. The van der Waals surface area contributed by atoms with Crippen molar-refractivity contribution in [2.75, 3.05) is 11.5 Å². The number of aryl methyl sites for hydroxylation is 2. The Bertz CT molecular complexity index is 268. The molecule has 0 aliphatic carbocycles. The predicted octanol–water partition coefficient (Wildman–Crippen LogP) is 1.17. The minimum atomic E-state index is 0.00231. The fourth-order valence-electron chi connectivity index (χ4n) is 0.999. The minimum absolute atomic E-state index is 0.00231. The molecule has 11 heavy (non-hydrogen) atoms. The van der Waals surface area contributed by atoms with Crippen molar-refractivity contribution < 1.29 is 5.11 Å². The molecule has 0 saturated carbocycles. The minimum Gasteiger partial charge on any atom is -0.504 e. The maximum atomic E-state index is 9.32. The van der Waals surface area contributed by atoms with Gasteiger partial charge < -0.3 is 16.6 Å². The molecule has 1 aromatic rings. The van der Waals surface area contributed by atoms with Crippen LogP contribution < -0.4 is 11.5 Å². The van der Waals surface area contributed by atoms with Crippen LogP contribution in [0.3, 0.4) is 0 Å². The summed E-state index contributed by atoms with van der Waals surface area (Å²) in [4.78, 5) is 0. The van der Waals surface area contributed by atoms with Crippen molar-refractivity contribution in [3.63, 3.8) is 0 Å². The van der Waals surface area contributed by atoms with Crippen molar-refractivity contribution in [3.8, 4) is 5.75 Å². The van der Waals surface area contributed by atoms with Crippen LogP contribution in [-0.4, -0.2) is 5.11 Å². The second-order valence-corrected chi connectivity index (χ2v) is 2.69. The molecule has 1 aromatic carbocycles.